The number of carbonyl (C=O) groups is 3. The Labute approximate surface area is 150 Å². The van der Waals surface area contributed by atoms with Crippen LogP contribution in [0, 0.1) is 18.3 Å². The molecule has 1 aliphatic rings. The monoisotopic (exact) mass is 348 g/mol. The van der Waals surface area contributed by atoms with Crippen molar-refractivity contribution in [2.75, 3.05) is 7.11 Å². The van der Waals surface area contributed by atoms with Crippen LogP contribution in [0.1, 0.15) is 52.9 Å². The molecule has 25 heavy (non-hydrogen) atoms. The van der Waals surface area contributed by atoms with Crippen LogP contribution < -0.4 is 5.32 Å². The minimum absolute atomic E-state index is 0.162. The molecule has 6 heteroatoms. The van der Waals surface area contributed by atoms with E-state index < -0.39 is 23.9 Å². The van der Waals surface area contributed by atoms with Gasteiger partial charge in [0.25, 0.3) is 11.8 Å². The van der Waals surface area contributed by atoms with Gasteiger partial charge >= 0.3 is 0 Å². The Hall–Kier alpha value is -2.29. The molecular formula is C19H28N2O4. The van der Waals surface area contributed by atoms with Crippen molar-refractivity contribution >= 4 is 17.7 Å². The van der Waals surface area contributed by atoms with Gasteiger partial charge in [-0.2, -0.15) is 0 Å². The van der Waals surface area contributed by atoms with Crippen molar-refractivity contribution in [2.24, 2.45) is 5.92 Å². The lowest BCUT2D eigenvalue weighted by atomic mass is 10.0. The van der Waals surface area contributed by atoms with Crippen molar-refractivity contribution in [3.05, 3.63) is 11.8 Å². The molecule has 1 aliphatic heterocycles. The Morgan fingerprint density at radius 3 is 2.64 bits per heavy atom. The third kappa shape index (κ3) is 5.63. The van der Waals surface area contributed by atoms with Crippen molar-refractivity contribution < 1.29 is 19.1 Å². The number of amides is 3. The predicted octanol–water partition coefficient (Wildman–Crippen LogP) is 2.00. The van der Waals surface area contributed by atoms with Crippen LogP contribution >= 0.6 is 0 Å². The van der Waals surface area contributed by atoms with Gasteiger partial charge in [-0.15, -0.1) is 12.3 Å². The van der Waals surface area contributed by atoms with Gasteiger partial charge in [0.1, 0.15) is 11.8 Å². The number of rotatable bonds is 9. The molecule has 0 aromatic heterocycles. The number of carbonyl (C=O) groups excluding carboxylic acids is 3. The number of hydrogen-bond donors (Lipinski definition) is 1. The number of hydrogen-bond acceptors (Lipinski definition) is 4. The van der Waals surface area contributed by atoms with Crippen LogP contribution in [0.2, 0.25) is 0 Å². The van der Waals surface area contributed by atoms with E-state index in [9.17, 15) is 14.4 Å². The highest BCUT2D eigenvalue weighted by molar-refractivity contribution is 6.06. The first kappa shape index (κ1) is 20.8. The topological polar surface area (TPSA) is 75.7 Å². The molecular weight excluding hydrogens is 320 g/mol. The van der Waals surface area contributed by atoms with E-state index in [2.05, 4.69) is 11.2 Å². The number of nitrogens with zero attached hydrogens (tertiary/aromatic N) is 1. The Morgan fingerprint density at radius 1 is 1.44 bits per heavy atom. The summed E-state index contributed by atoms with van der Waals surface area (Å²) < 4.78 is 5.29. The van der Waals surface area contributed by atoms with E-state index in [0.717, 1.165) is 0 Å². The fraction of sp³-hybridized carbons (Fsp3) is 0.632. The third-order valence-electron chi connectivity index (χ3n) is 4.02. The Morgan fingerprint density at radius 2 is 2.12 bits per heavy atom. The van der Waals surface area contributed by atoms with Crippen LogP contribution in [0.15, 0.2) is 11.8 Å². The van der Waals surface area contributed by atoms with Crippen molar-refractivity contribution in [1.29, 1.82) is 0 Å². The molecule has 0 radical (unpaired) electrons. The second kappa shape index (κ2) is 9.87. The molecule has 2 unspecified atom stereocenters. The lowest BCUT2D eigenvalue weighted by molar-refractivity contribution is -0.146. The summed E-state index contributed by atoms with van der Waals surface area (Å²) in [5, 5.41) is 2.71. The molecule has 138 valence electrons. The van der Waals surface area contributed by atoms with Gasteiger partial charge in [-0.3, -0.25) is 19.3 Å². The summed E-state index contributed by atoms with van der Waals surface area (Å²) in [6, 6.07) is -1.16. The second-order valence-electron chi connectivity index (χ2n) is 6.56. The standard InChI is InChI=1S/C19H28N2O4/c1-6-8-10-17(22)20-14(9-7-2)19(24)21-15(11-13(3)4)16(25-5)12-18(21)23/h1,12-15H,7-11H2,2-5H3,(H,20,22). The van der Waals surface area contributed by atoms with Crippen LogP contribution in [0.4, 0.5) is 0 Å². The molecule has 6 nitrogen and oxygen atoms in total. The summed E-state index contributed by atoms with van der Waals surface area (Å²) in [4.78, 5) is 38.5. The zero-order chi connectivity index (χ0) is 19.0. The van der Waals surface area contributed by atoms with Gasteiger partial charge in [-0.05, 0) is 18.8 Å². The molecule has 0 saturated carbocycles. The highest BCUT2D eigenvalue weighted by Gasteiger charge is 2.41. The number of imide groups is 1. The first-order chi connectivity index (χ1) is 11.8. The minimum atomic E-state index is -0.738. The van der Waals surface area contributed by atoms with Gasteiger partial charge in [0.05, 0.1) is 13.2 Å². The molecule has 1 heterocycles. The second-order valence-corrected chi connectivity index (χ2v) is 6.56. The third-order valence-corrected chi connectivity index (χ3v) is 4.02. The van der Waals surface area contributed by atoms with Crippen molar-refractivity contribution in [1.82, 2.24) is 10.2 Å². The lowest BCUT2D eigenvalue weighted by Gasteiger charge is -2.29. The van der Waals surface area contributed by atoms with E-state index in [-0.39, 0.29) is 18.2 Å². The maximum atomic E-state index is 13.0. The summed E-state index contributed by atoms with van der Waals surface area (Å²) in [7, 11) is 1.49. The molecule has 0 fully saturated rings. The highest BCUT2D eigenvalue weighted by atomic mass is 16.5. The zero-order valence-electron chi connectivity index (χ0n) is 15.5. The average Bonchev–Trinajstić information content (AvgIpc) is 2.86. The van der Waals surface area contributed by atoms with Crippen molar-refractivity contribution in [2.45, 2.75) is 65.0 Å². The van der Waals surface area contributed by atoms with Gasteiger partial charge in [-0.1, -0.05) is 27.2 Å². The molecule has 0 aromatic rings. The average molecular weight is 348 g/mol. The molecule has 1 rings (SSSR count). The SMILES string of the molecule is C#CCCC(=O)NC(CCC)C(=O)N1C(=O)C=C(OC)C1CC(C)C. The number of nitrogens with one attached hydrogen (secondary N) is 1. The van der Waals surface area contributed by atoms with Crippen LogP contribution in [-0.4, -0.2) is 41.8 Å². The number of methoxy groups -OCH3 is 1. The summed E-state index contributed by atoms with van der Waals surface area (Å²) in [6.07, 6.45) is 8.77. The Kier molecular flexibility index (Phi) is 8.20. The molecule has 0 aliphatic carbocycles. The van der Waals surface area contributed by atoms with Gasteiger partial charge in [0.2, 0.25) is 5.91 Å². The van der Waals surface area contributed by atoms with Crippen LogP contribution in [0.3, 0.4) is 0 Å². The van der Waals surface area contributed by atoms with E-state index >= 15 is 0 Å². The fourth-order valence-corrected chi connectivity index (χ4v) is 2.86. The van der Waals surface area contributed by atoms with E-state index in [1.807, 2.05) is 20.8 Å². The largest absolute Gasteiger partial charge is 0.499 e. The maximum absolute atomic E-state index is 13.0. The highest BCUT2D eigenvalue weighted by Crippen LogP contribution is 2.27. The normalized spacial score (nSPS) is 17.9. The van der Waals surface area contributed by atoms with Gasteiger partial charge in [0.15, 0.2) is 0 Å². The van der Waals surface area contributed by atoms with Crippen LogP contribution in [-0.2, 0) is 19.1 Å². The van der Waals surface area contributed by atoms with Gasteiger partial charge in [-0.25, -0.2) is 0 Å². The molecule has 0 bridgehead atoms. The summed E-state index contributed by atoms with van der Waals surface area (Å²) >= 11 is 0. The number of terminal acetylenes is 1. The summed E-state index contributed by atoms with van der Waals surface area (Å²) in [6.45, 7) is 5.96. The molecule has 3 amide bonds. The van der Waals surface area contributed by atoms with E-state index in [1.165, 1.54) is 18.1 Å². The first-order valence-electron chi connectivity index (χ1n) is 8.71. The van der Waals surface area contributed by atoms with E-state index in [1.54, 1.807) is 0 Å². The van der Waals surface area contributed by atoms with E-state index in [4.69, 9.17) is 11.2 Å². The van der Waals surface area contributed by atoms with Crippen LogP contribution in [0.25, 0.3) is 0 Å². The molecule has 1 N–H and O–H groups in total. The molecule has 2 atom stereocenters. The quantitative estimate of drug-likeness (QED) is 0.647. The molecule has 0 aromatic carbocycles. The predicted molar refractivity (Wildman–Crippen MR) is 95.1 cm³/mol. The fourth-order valence-electron chi connectivity index (χ4n) is 2.86. The zero-order valence-corrected chi connectivity index (χ0v) is 15.5. The lowest BCUT2D eigenvalue weighted by Crippen LogP contribution is -2.52. The first-order valence-corrected chi connectivity index (χ1v) is 8.71. The Balaban J connectivity index is 2.95. The van der Waals surface area contributed by atoms with E-state index in [0.29, 0.717) is 31.4 Å². The van der Waals surface area contributed by atoms with Gasteiger partial charge in [0, 0.05) is 18.9 Å². The number of ether oxygens (including phenoxy) is 1. The minimum Gasteiger partial charge on any atom is -0.499 e. The van der Waals surface area contributed by atoms with Crippen LogP contribution in [0.5, 0.6) is 0 Å². The van der Waals surface area contributed by atoms with Crippen molar-refractivity contribution in [3.63, 3.8) is 0 Å². The van der Waals surface area contributed by atoms with Crippen molar-refractivity contribution in [3.8, 4) is 12.3 Å². The summed E-state index contributed by atoms with van der Waals surface area (Å²) in [5.41, 5.74) is 0. The smallest absolute Gasteiger partial charge is 0.257 e. The Bertz CT molecular complexity index is 574. The van der Waals surface area contributed by atoms with Gasteiger partial charge < -0.3 is 10.1 Å². The molecule has 0 spiro atoms. The molecule has 0 saturated heterocycles. The summed E-state index contributed by atoms with van der Waals surface area (Å²) in [5.74, 6) is 2.10. The maximum Gasteiger partial charge on any atom is 0.257 e.